The van der Waals surface area contributed by atoms with Crippen molar-refractivity contribution in [1.82, 2.24) is 24.1 Å². The van der Waals surface area contributed by atoms with Crippen molar-refractivity contribution in [3.05, 3.63) is 176 Å². The maximum absolute atomic E-state index is 5.14. The SMILES string of the molecule is c1ccc(-c2cccc(-n3c4ccccc4c4c5c6ccccc6n(-c6nc(-c7ccccc7)nc(-c7ccccc7)n6)c5ccc43)c2)cc1. The molecule has 10 rings (SSSR count). The second kappa shape index (κ2) is 11.4. The molecule has 0 saturated heterocycles. The molecule has 0 unspecified atom stereocenters. The molecule has 0 aliphatic heterocycles. The molecule has 0 spiro atoms. The number of para-hydroxylation sites is 2. The Morgan fingerprint density at radius 3 is 1.36 bits per heavy atom. The van der Waals surface area contributed by atoms with Crippen molar-refractivity contribution < 1.29 is 0 Å². The summed E-state index contributed by atoms with van der Waals surface area (Å²) in [6.07, 6.45) is 0. The van der Waals surface area contributed by atoms with Crippen LogP contribution < -0.4 is 0 Å². The van der Waals surface area contributed by atoms with Crippen LogP contribution in [0.3, 0.4) is 0 Å². The molecule has 0 fully saturated rings. The molecule has 3 heterocycles. The normalized spacial score (nSPS) is 11.6. The Morgan fingerprint density at radius 2 is 0.780 bits per heavy atom. The van der Waals surface area contributed by atoms with E-state index >= 15 is 0 Å². The lowest BCUT2D eigenvalue weighted by Gasteiger charge is -2.11. The smallest absolute Gasteiger partial charge is 0.238 e. The van der Waals surface area contributed by atoms with Gasteiger partial charge in [-0.3, -0.25) is 4.57 Å². The summed E-state index contributed by atoms with van der Waals surface area (Å²) >= 11 is 0. The van der Waals surface area contributed by atoms with E-state index in [0.29, 0.717) is 17.6 Å². The van der Waals surface area contributed by atoms with E-state index < -0.39 is 0 Å². The molecule has 0 aliphatic rings. The van der Waals surface area contributed by atoms with Gasteiger partial charge in [0.25, 0.3) is 0 Å². The third-order valence-corrected chi connectivity index (χ3v) is 9.57. The lowest BCUT2D eigenvalue weighted by molar-refractivity contribution is 0.953. The van der Waals surface area contributed by atoms with E-state index in [4.69, 9.17) is 15.0 Å². The maximum atomic E-state index is 5.14. The summed E-state index contributed by atoms with van der Waals surface area (Å²) in [5, 5.41) is 4.73. The van der Waals surface area contributed by atoms with E-state index in [1.54, 1.807) is 0 Å². The molecule has 0 N–H and O–H groups in total. The van der Waals surface area contributed by atoms with Gasteiger partial charge in [-0.1, -0.05) is 140 Å². The second-order valence-corrected chi connectivity index (χ2v) is 12.5. The van der Waals surface area contributed by atoms with E-state index in [1.807, 2.05) is 60.7 Å². The predicted molar refractivity (Wildman–Crippen MR) is 205 cm³/mol. The molecular formula is C45H29N5. The molecule has 7 aromatic carbocycles. The van der Waals surface area contributed by atoms with Crippen molar-refractivity contribution in [2.45, 2.75) is 0 Å². The fourth-order valence-electron chi connectivity index (χ4n) is 7.36. The Morgan fingerprint density at radius 1 is 0.320 bits per heavy atom. The van der Waals surface area contributed by atoms with E-state index in [-0.39, 0.29) is 0 Å². The molecular weight excluding hydrogens is 611 g/mol. The van der Waals surface area contributed by atoms with Crippen molar-refractivity contribution in [2.75, 3.05) is 0 Å². The third-order valence-electron chi connectivity index (χ3n) is 9.57. The summed E-state index contributed by atoms with van der Waals surface area (Å²) in [6, 6.07) is 61.4. The van der Waals surface area contributed by atoms with Gasteiger partial charge in [0, 0.05) is 38.4 Å². The molecule has 10 aromatic rings. The first-order valence-electron chi connectivity index (χ1n) is 16.8. The van der Waals surface area contributed by atoms with Crippen molar-refractivity contribution in [2.24, 2.45) is 0 Å². The van der Waals surface area contributed by atoms with Gasteiger partial charge in [-0.05, 0) is 47.5 Å². The first kappa shape index (κ1) is 28.2. The van der Waals surface area contributed by atoms with Crippen LogP contribution in [-0.2, 0) is 0 Å². The monoisotopic (exact) mass is 639 g/mol. The highest BCUT2D eigenvalue weighted by molar-refractivity contribution is 6.28. The standard InChI is InChI=1S/C45H29N5/c1-4-15-30(16-5-1)33-21-14-22-34(29-33)49-37-25-12-10-23-35(37)41-39(49)27-28-40-42(41)36-24-11-13-26-38(36)50(40)45-47-43(31-17-6-2-7-18-31)46-44(48-45)32-19-8-3-9-20-32/h1-29H. The van der Waals surface area contributed by atoms with Gasteiger partial charge in [-0.2, -0.15) is 9.97 Å². The molecule has 0 amide bonds. The number of aromatic nitrogens is 5. The van der Waals surface area contributed by atoms with Crippen LogP contribution in [0, 0.1) is 0 Å². The van der Waals surface area contributed by atoms with Crippen LogP contribution in [-0.4, -0.2) is 24.1 Å². The molecule has 0 bridgehead atoms. The Bertz CT molecular complexity index is 2800. The second-order valence-electron chi connectivity index (χ2n) is 12.5. The number of rotatable bonds is 5. The van der Waals surface area contributed by atoms with E-state index in [0.717, 1.165) is 44.3 Å². The van der Waals surface area contributed by atoms with Crippen LogP contribution in [0.2, 0.25) is 0 Å². The lowest BCUT2D eigenvalue weighted by atomic mass is 10.0. The highest BCUT2D eigenvalue weighted by atomic mass is 15.2. The van der Waals surface area contributed by atoms with Gasteiger partial charge in [0.1, 0.15) is 0 Å². The Hall–Kier alpha value is -6.85. The number of fused-ring (bicyclic) bond motifs is 7. The minimum absolute atomic E-state index is 0.586. The van der Waals surface area contributed by atoms with Crippen molar-refractivity contribution in [3.8, 4) is 45.5 Å². The quantitative estimate of drug-likeness (QED) is 0.188. The average molecular weight is 640 g/mol. The van der Waals surface area contributed by atoms with Crippen LogP contribution in [0.25, 0.3) is 89.2 Å². The van der Waals surface area contributed by atoms with Crippen LogP contribution in [0.15, 0.2) is 176 Å². The fraction of sp³-hybridized carbons (Fsp3) is 0. The van der Waals surface area contributed by atoms with Gasteiger partial charge in [0.15, 0.2) is 11.6 Å². The van der Waals surface area contributed by atoms with Crippen LogP contribution in [0.5, 0.6) is 0 Å². The van der Waals surface area contributed by atoms with Gasteiger partial charge in [0.2, 0.25) is 5.95 Å². The largest absolute Gasteiger partial charge is 0.309 e. The van der Waals surface area contributed by atoms with Gasteiger partial charge < -0.3 is 4.57 Å². The zero-order valence-corrected chi connectivity index (χ0v) is 27.0. The van der Waals surface area contributed by atoms with E-state index in [9.17, 15) is 0 Å². The summed E-state index contributed by atoms with van der Waals surface area (Å²) in [5.74, 6) is 1.86. The first-order chi connectivity index (χ1) is 24.8. The molecule has 5 heteroatoms. The lowest BCUT2D eigenvalue weighted by Crippen LogP contribution is -2.06. The number of hydrogen-bond acceptors (Lipinski definition) is 3. The summed E-state index contributed by atoms with van der Waals surface area (Å²) in [5.41, 5.74) is 9.79. The highest BCUT2D eigenvalue weighted by Gasteiger charge is 2.22. The molecule has 234 valence electrons. The van der Waals surface area contributed by atoms with E-state index in [2.05, 4.69) is 124 Å². The fourth-order valence-corrected chi connectivity index (χ4v) is 7.36. The predicted octanol–water partition coefficient (Wildman–Crippen LogP) is 11.1. The highest BCUT2D eigenvalue weighted by Crippen LogP contribution is 2.42. The zero-order chi connectivity index (χ0) is 33.0. The van der Waals surface area contributed by atoms with Crippen molar-refractivity contribution in [1.29, 1.82) is 0 Å². The molecule has 50 heavy (non-hydrogen) atoms. The van der Waals surface area contributed by atoms with Crippen molar-refractivity contribution >= 4 is 43.6 Å². The van der Waals surface area contributed by atoms with Crippen LogP contribution >= 0.6 is 0 Å². The van der Waals surface area contributed by atoms with Crippen LogP contribution in [0.4, 0.5) is 0 Å². The maximum Gasteiger partial charge on any atom is 0.238 e. The number of benzene rings is 7. The Kier molecular flexibility index (Phi) is 6.42. The van der Waals surface area contributed by atoms with Gasteiger partial charge >= 0.3 is 0 Å². The Balaban J connectivity index is 1.28. The molecule has 0 aliphatic carbocycles. The summed E-state index contributed by atoms with van der Waals surface area (Å²) in [4.78, 5) is 15.2. The molecule has 0 atom stereocenters. The third kappa shape index (κ3) is 4.45. The topological polar surface area (TPSA) is 48.5 Å². The van der Waals surface area contributed by atoms with Crippen molar-refractivity contribution in [3.63, 3.8) is 0 Å². The average Bonchev–Trinajstić information content (AvgIpc) is 3.72. The van der Waals surface area contributed by atoms with Gasteiger partial charge in [-0.15, -0.1) is 0 Å². The summed E-state index contributed by atoms with van der Waals surface area (Å²) < 4.78 is 4.60. The summed E-state index contributed by atoms with van der Waals surface area (Å²) in [7, 11) is 0. The molecule has 0 radical (unpaired) electrons. The van der Waals surface area contributed by atoms with Crippen LogP contribution in [0.1, 0.15) is 0 Å². The van der Waals surface area contributed by atoms with Gasteiger partial charge in [-0.25, -0.2) is 4.98 Å². The first-order valence-corrected chi connectivity index (χ1v) is 16.8. The number of nitrogens with zero attached hydrogens (tertiary/aromatic N) is 5. The molecule has 5 nitrogen and oxygen atoms in total. The Labute approximate surface area is 288 Å². The molecule has 0 saturated carbocycles. The minimum Gasteiger partial charge on any atom is -0.309 e. The van der Waals surface area contributed by atoms with Gasteiger partial charge in [0.05, 0.1) is 22.1 Å². The van der Waals surface area contributed by atoms with E-state index in [1.165, 1.54) is 27.3 Å². The summed E-state index contributed by atoms with van der Waals surface area (Å²) in [6.45, 7) is 0. The molecule has 3 aromatic heterocycles. The number of hydrogen-bond donors (Lipinski definition) is 0. The minimum atomic E-state index is 0.586. The zero-order valence-electron chi connectivity index (χ0n) is 27.0.